The Hall–Kier alpha value is -2.73. The average Bonchev–Trinajstić information content (AvgIpc) is 3.21. The molecule has 6 heteroatoms. The smallest absolute Gasteiger partial charge is 0.342 e. The van der Waals surface area contributed by atoms with Crippen LogP contribution < -0.4 is 4.90 Å². The van der Waals surface area contributed by atoms with E-state index in [2.05, 4.69) is 27.8 Å². The van der Waals surface area contributed by atoms with Gasteiger partial charge in [-0.25, -0.2) is 9.78 Å². The lowest BCUT2D eigenvalue weighted by Gasteiger charge is -2.28. The number of nitrogens with zero attached hydrogens (tertiary/aromatic N) is 3. The minimum atomic E-state index is -0.329. The molecule has 2 aromatic rings. The third-order valence-corrected chi connectivity index (χ3v) is 5.21. The molecule has 1 aliphatic rings. The second kappa shape index (κ2) is 9.65. The Morgan fingerprint density at radius 2 is 2.17 bits per heavy atom. The lowest BCUT2D eigenvalue weighted by molar-refractivity contribution is 0.0378. The van der Waals surface area contributed by atoms with E-state index in [0.29, 0.717) is 23.0 Å². The summed E-state index contributed by atoms with van der Waals surface area (Å²) >= 11 is 0. The molecule has 1 atom stereocenters. The molecule has 1 aliphatic heterocycles. The summed E-state index contributed by atoms with van der Waals surface area (Å²) in [7, 11) is 0. The number of aldehydes is 1. The van der Waals surface area contributed by atoms with Crippen LogP contribution >= 0.6 is 0 Å². The Bertz CT molecular complexity index is 853. The highest BCUT2D eigenvalue weighted by Crippen LogP contribution is 2.26. The Balaban J connectivity index is 1.72. The predicted octanol–water partition coefficient (Wildman–Crippen LogP) is 3.56. The molecule has 1 aromatic heterocycles. The van der Waals surface area contributed by atoms with E-state index < -0.39 is 0 Å². The molecule has 6 nitrogen and oxygen atoms in total. The van der Waals surface area contributed by atoms with E-state index in [1.807, 2.05) is 32.0 Å². The van der Waals surface area contributed by atoms with Crippen molar-refractivity contribution in [1.29, 1.82) is 0 Å². The topological polar surface area (TPSA) is 62.7 Å². The third-order valence-electron chi connectivity index (χ3n) is 5.21. The summed E-state index contributed by atoms with van der Waals surface area (Å²) in [4.78, 5) is 32.6. The lowest BCUT2D eigenvalue weighted by atomic mass is 10.1. The van der Waals surface area contributed by atoms with Crippen molar-refractivity contribution in [3.63, 3.8) is 0 Å². The van der Waals surface area contributed by atoms with Crippen LogP contribution in [0.3, 0.4) is 0 Å². The Kier molecular flexibility index (Phi) is 6.99. The Morgan fingerprint density at radius 1 is 1.34 bits per heavy atom. The van der Waals surface area contributed by atoms with Crippen molar-refractivity contribution in [2.24, 2.45) is 0 Å². The molecule has 0 N–H and O–H groups in total. The molecule has 0 amide bonds. The first kappa shape index (κ1) is 21.0. The van der Waals surface area contributed by atoms with E-state index in [9.17, 15) is 9.59 Å². The third kappa shape index (κ3) is 5.21. The number of esters is 1. The van der Waals surface area contributed by atoms with Gasteiger partial charge >= 0.3 is 5.97 Å². The van der Waals surface area contributed by atoms with Gasteiger partial charge in [0, 0.05) is 37.4 Å². The molecule has 1 fully saturated rings. The number of rotatable bonds is 8. The summed E-state index contributed by atoms with van der Waals surface area (Å²) in [6.07, 6.45) is 3.43. The standard InChI is InChI=1S/C23H29N3O3/c1-4-25(14-18-7-5-8-19(13-18)16-27)20-10-12-26(15-20)22-21(9-6-11-24-22)23(28)29-17(2)3/h5-9,11,13,16-17,20H,4,10,12,14-15H2,1-3H3/t20-/m1/s1. The number of carbonyl (C=O) groups excluding carboxylic acids is 2. The van der Waals surface area contributed by atoms with Gasteiger partial charge in [0.05, 0.1) is 6.10 Å². The molecular formula is C23H29N3O3. The molecule has 154 valence electrons. The first-order valence-electron chi connectivity index (χ1n) is 10.2. The Labute approximate surface area is 172 Å². The van der Waals surface area contributed by atoms with Crippen LogP contribution in [0.2, 0.25) is 0 Å². The van der Waals surface area contributed by atoms with Crippen molar-refractivity contribution < 1.29 is 14.3 Å². The second-order valence-corrected chi connectivity index (χ2v) is 7.64. The quantitative estimate of drug-likeness (QED) is 0.503. The van der Waals surface area contributed by atoms with Crippen LogP contribution in [0.5, 0.6) is 0 Å². The first-order chi connectivity index (χ1) is 14.0. The second-order valence-electron chi connectivity index (χ2n) is 7.64. The summed E-state index contributed by atoms with van der Waals surface area (Å²) in [5.74, 6) is 0.365. The molecule has 0 unspecified atom stereocenters. The highest BCUT2D eigenvalue weighted by atomic mass is 16.5. The van der Waals surface area contributed by atoms with Crippen molar-refractivity contribution >= 4 is 18.1 Å². The van der Waals surface area contributed by atoms with E-state index in [1.54, 1.807) is 18.3 Å². The summed E-state index contributed by atoms with van der Waals surface area (Å²) in [6, 6.07) is 11.7. The fourth-order valence-electron chi connectivity index (χ4n) is 3.82. The van der Waals surface area contributed by atoms with Crippen LogP contribution in [0.25, 0.3) is 0 Å². The van der Waals surface area contributed by atoms with Crippen LogP contribution in [0.15, 0.2) is 42.6 Å². The summed E-state index contributed by atoms with van der Waals surface area (Å²) in [5, 5.41) is 0. The molecule has 2 heterocycles. The maximum absolute atomic E-state index is 12.5. The minimum Gasteiger partial charge on any atom is -0.459 e. The van der Waals surface area contributed by atoms with E-state index in [4.69, 9.17) is 4.74 Å². The number of carbonyl (C=O) groups is 2. The molecule has 0 radical (unpaired) electrons. The van der Waals surface area contributed by atoms with E-state index in [-0.39, 0.29) is 12.1 Å². The predicted molar refractivity (Wildman–Crippen MR) is 113 cm³/mol. The molecule has 29 heavy (non-hydrogen) atoms. The lowest BCUT2D eigenvalue weighted by Crippen LogP contribution is -2.37. The zero-order chi connectivity index (χ0) is 20.8. The summed E-state index contributed by atoms with van der Waals surface area (Å²) in [5.41, 5.74) is 2.35. The molecular weight excluding hydrogens is 366 g/mol. The average molecular weight is 396 g/mol. The number of benzene rings is 1. The van der Waals surface area contributed by atoms with Gasteiger partial charge in [-0.05, 0) is 50.6 Å². The molecule has 1 aromatic carbocycles. The maximum Gasteiger partial charge on any atom is 0.342 e. The molecule has 3 rings (SSSR count). The number of anilines is 1. The normalized spacial score (nSPS) is 16.4. The van der Waals surface area contributed by atoms with Gasteiger partial charge in [0.2, 0.25) is 0 Å². The van der Waals surface area contributed by atoms with Crippen LogP contribution in [0, 0.1) is 0 Å². The minimum absolute atomic E-state index is 0.167. The van der Waals surface area contributed by atoms with Crippen molar-refractivity contribution in [3.05, 3.63) is 59.3 Å². The van der Waals surface area contributed by atoms with Gasteiger partial charge in [-0.2, -0.15) is 0 Å². The number of likely N-dealkylation sites (N-methyl/N-ethyl adjacent to an activating group) is 1. The van der Waals surface area contributed by atoms with Crippen LogP contribution in [0.1, 0.15) is 53.5 Å². The monoisotopic (exact) mass is 395 g/mol. The largest absolute Gasteiger partial charge is 0.459 e. The van der Waals surface area contributed by atoms with Gasteiger partial charge in [-0.1, -0.05) is 25.1 Å². The van der Waals surface area contributed by atoms with Gasteiger partial charge in [-0.3, -0.25) is 9.69 Å². The fraction of sp³-hybridized carbons (Fsp3) is 0.435. The van der Waals surface area contributed by atoms with Gasteiger partial charge in [0.15, 0.2) is 0 Å². The SMILES string of the molecule is CCN(Cc1cccc(C=O)c1)[C@@H]1CCN(c2ncccc2C(=O)OC(C)C)C1. The van der Waals surface area contributed by atoms with Gasteiger partial charge in [-0.15, -0.1) is 0 Å². The van der Waals surface area contributed by atoms with Gasteiger partial charge in [0.25, 0.3) is 0 Å². The summed E-state index contributed by atoms with van der Waals surface area (Å²) in [6.45, 7) is 9.19. The number of hydrogen-bond donors (Lipinski definition) is 0. The van der Waals surface area contributed by atoms with Gasteiger partial charge < -0.3 is 9.64 Å². The number of pyridine rings is 1. The molecule has 0 aliphatic carbocycles. The van der Waals surface area contributed by atoms with E-state index in [0.717, 1.165) is 44.4 Å². The van der Waals surface area contributed by atoms with E-state index in [1.165, 1.54) is 0 Å². The highest BCUT2D eigenvalue weighted by molar-refractivity contribution is 5.95. The number of aromatic nitrogens is 1. The molecule has 1 saturated heterocycles. The molecule has 0 bridgehead atoms. The summed E-state index contributed by atoms with van der Waals surface area (Å²) < 4.78 is 5.39. The zero-order valence-electron chi connectivity index (χ0n) is 17.4. The van der Waals surface area contributed by atoms with Crippen molar-refractivity contribution in [1.82, 2.24) is 9.88 Å². The molecule has 0 saturated carbocycles. The number of hydrogen-bond acceptors (Lipinski definition) is 6. The molecule has 0 spiro atoms. The van der Waals surface area contributed by atoms with Gasteiger partial charge in [0.1, 0.15) is 17.7 Å². The van der Waals surface area contributed by atoms with Crippen molar-refractivity contribution in [2.75, 3.05) is 24.5 Å². The fourth-order valence-corrected chi connectivity index (χ4v) is 3.82. The zero-order valence-corrected chi connectivity index (χ0v) is 17.4. The van der Waals surface area contributed by atoms with Crippen molar-refractivity contribution in [2.45, 2.75) is 45.9 Å². The van der Waals surface area contributed by atoms with Crippen LogP contribution in [-0.2, 0) is 11.3 Å². The highest BCUT2D eigenvalue weighted by Gasteiger charge is 2.30. The Morgan fingerprint density at radius 3 is 2.90 bits per heavy atom. The van der Waals surface area contributed by atoms with Crippen LogP contribution in [0.4, 0.5) is 5.82 Å². The van der Waals surface area contributed by atoms with E-state index >= 15 is 0 Å². The first-order valence-corrected chi connectivity index (χ1v) is 10.2. The number of ether oxygens (including phenoxy) is 1. The van der Waals surface area contributed by atoms with Crippen molar-refractivity contribution in [3.8, 4) is 0 Å². The maximum atomic E-state index is 12.5. The van der Waals surface area contributed by atoms with Crippen LogP contribution in [-0.4, -0.2) is 53.9 Å².